The summed E-state index contributed by atoms with van der Waals surface area (Å²) in [5.41, 5.74) is 4.67. The van der Waals surface area contributed by atoms with E-state index in [1.807, 2.05) is 50.6 Å². The molecule has 4 nitrogen and oxygen atoms in total. The van der Waals surface area contributed by atoms with Crippen LogP contribution in [0.15, 0.2) is 65.8 Å². The van der Waals surface area contributed by atoms with Gasteiger partial charge < -0.3 is 10.3 Å². The molecule has 0 radical (unpaired) electrons. The summed E-state index contributed by atoms with van der Waals surface area (Å²) in [4.78, 5) is 3.66. The van der Waals surface area contributed by atoms with E-state index in [-0.39, 0.29) is 5.82 Å². The first-order valence-corrected chi connectivity index (χ1v) is 9.79. The summed E-state index contributed by atoms with van der Waals surface area (Å²) in [5.74, 6) is -0.387. The van der Waals surface area contributed by atoms with Crippen molar-refractivity contribution in [2.45, 2.75) is 18.4 Å². The van der Waals surface area contributed by atoms with Crippen molar-refractivity contribution in [2.24, 2.45) is 0 Å². The highest BCUT2D eigenvalue weighted by atomic mass is 32.2. The zero-order valence-electron chi connectivity index (χ0n) is 15.1. The molecule has 0 aliphatic rings. The maximum Gasteiger partial charge on any atom is 0.157 e. The van der Waals surface area contributed by atoms with Gasteiger partial charge in [-0.15, -0.1) is 0 Å². The lowest BCUT2D eigenvalue weighted by Crippen LogP contribution is -2.08. The molecule has 2 aromatic heterocycles. The van der Waals surface area contributed by atoms with Crippen LogP contribution in [-0.2, 0) is 17.5 Å². The second kappa shape index (κ2) is 7.13. The second-order valence-electron chi connectivity index (χ2n) is 6.53. The van der Waals surface area contributed by atoms with Gasteiger partial charge in [0.2, 0.25) is 0 Å². The van der Waals surface area contributed by atoms with Crippen LogP contribution in [0.2, 0.25) is 0 Å². The van der Waals surface area contributed by atoms with Crippen molar-refractivity contribution >= 4 is 21.9 Å². The molecule has 2 heterocycles. The summed E-state index contributed by atoms with van der Waals surface area (Å²) < 4.78 is 28.8. The molecule has 2 N–H and O–H groups in total. The van der Waals surface area contributed by atoms with Crippen LogP contribution in [0.4, 0.5) is 4.39 Å². The molecule has 1 atom stereocenters. The number of fused-ring (bicyclic) bond motifs is 1. The number of halogens is 1. The molecule has 0 spiro atoms. The maximum atomic E-state index is 13.8. The molecule has 0 aliphatic carbocycles. The topological polar surface area (TPSA) is 49.8 Å². The quantitative estimate of drug-likeness (QED) is 0.539. The van der Waals surface area contributed by atoms with Gasteiger partial charge >= 0.3 is 0 Å². The number of benzene rings is 2. The van der Waals surface area contributed by atoms with Crippen molar-refractivity contribution in [3.8, 4) is 11.3 Å². The van der Waals surface area contributed by atoms with Crippen LogP contribution in [0.25, 0.3) is 22.2 Å². The average molecular weight is 381 g/mol. The zero-order chi connectivity index (χ0) is 19.0. The van der Waals surface area contributed by atoms with Crippen LogP contribution in [0.1, 0.15) is 11.1 Å². The van der Waals surface area contributed by atoms with E-state index in [4.69, 9.17) is 0 Å². The molecule has 138 valence electrons. The van der Waals surface area contributed by atoms with Gasteiger partial charge in [-0.3, -0.25) is 3.97 Å². The number of aromatic amines is 1. The summed E-state index contributed by atoms with van der Waals surface area (Å²) in [6.45, 7) is 2.50. The maximum absolute atomic E-state index is 13.8. The Bertz CT molecular complexity index is 1150. The lowest BCUT2D eigenvalue weighted by molar-refractivity contribution is 0.621. The second-order valence-corrected chi connectivity index (χ2v) is 7.86. The molecule has 0 bridgehead atoms. The molecule has 4 rings (SSSR count). The fourth-order valence-corrected chi connectivity index (χ4v) is 4.56. The predicted molar refractivity (Wildman–Crippen MR) is 107 cm³/mol. The first kappa shape index (κ1) is 17.7. The predicted octanol–water partition coefficient (Wildman–Crippen LogP) is 4.37. The van der Waals surface area contributed by atoms with E-state index in [1.165, 1.54) is 12.1 Å². The summed E-state index contributed by atoms with van der Waals surface area (Å²) in [6, 6.07) is 14.5. The highest BCUT2D eigenvalue weighted by Crippen LogP contribution is 2.29. The van der Waals surface area contributed by atoms with E-state index in [1.54, 1.807) is 10.0 Å². The van der Waals surface area contributed by atoms with Crippen LogP contribution in [-0.4, -0.2) is 20.2 Å². The number of nitrogens with one attached hydrogen (secondary N) is 2. The first-order valence-electron chi connectivity index (χ1n) is 8.68. The minimum Gasteiger partial charge on any atom is -0.361 e. The summed E-state index contributed by atoms with van der Waals surface area (Å²) in [6.07, 6.45) is 3.77. The third kappa shape index (κ3) is 3.34. The molecule has 0 fully saturated rings. The van der Waals surface area contributed by atoms with Crippen molar-refractivity contribution in [2.75, 3.05) is 7.05 Å². The smallest absolute Gasteiger partial charge is 0.157 e. The lowest BCUT2D eigenvalue weighted by atomic mass is 10.1. The molecule has 0 saturated heterocycles. The summed E-state index contributed by atoms with van der Waals surface area (Å²) >= 11 is 0. The Labute approximate surface area is 159 Å². The van der Waals surface area contributed by atoms with Gasteiger partial charge in [0.25, 0.3) is 0 Å². The van der Waals surface area contributed by atoms with Gasteiger partial charge in [-0.1, -0.05) is 12.1 Å². The largest absolute Gasteiger partial charge is 0.361 e. The molecule has 27 heavy (non-hydrogen) atoms. The molecular formula is C21H20FN3OS. The minimum absolute atomic E-state index is 0.387. The van der Waals surface area contributed by atoms with Crippen LogP contribution in [0, 0.1) is 12.7 Å². The van der Waals surface area contributed by atoms with Crippen LogP contribution >= 0.6 is 0 Å². The number of aryl methyl sites for hydroxylation is 1. The number of rotatable bonds is 5. The molecular weight excluding hydrogens is 361 g/mol. The number of nitrogens with zero attached hydrogens (tertiary/aromatic N) is 1. The van der Waals surface area contributed by atoms with E-state index in [9.17, 15) is 8.60 Å². The van der Waals surface area contributed by atoms with E-state index >= 15 is 0 Å². The number of aromatic nitrogens is 2. The average Bonchev–Trinajstić information content (AvgIpc) is 3.29. The van der Waals surface area contributed by atoms with Crippen molar-refractivity contribution in [1.82, 2.24) is 14.3 Å². The van der Waals surface area contributed by atoms with Gasteiger partial charge in [0, 0.05) is 29.8 Å². The molecule has 6 heteroatoms. The monoisotopic (exact) mass is 381 g/mol. The summed E-state index contributed by atoms with van der Waals surface area (Å²) in [5, 5.41) is 4.21. The fourth-order valence-electron chi connectivity index (χ4n) is 3.23. The first-order chi connectivity index (χ1) is 13.1. The normalized spacial score (nSPS) is 12.6. The Hall–Kier alpha value is -2.70. The minimum atomic E-state index is -1.55. The van der Waals surface area contributed by atoms with Crippen molar-refractivity contribution in [1.29, 1.82) is 0 Å². The van der Waals surface area contributed by atoms with Gasteiger partial charge in [-0.05, 0) is 67.1 Å². The zero-order valence-corrected chi connectivity index (χ0v) is 15.9. The van der Waals surface area contributed by atoms with Gasteiger partial charge in [0.1, 0.15) is 5.82 Å². The Morgan fingerprint density at radius 1 is 1.15 bits per heavy atom. The molecule has 4 aromatic rings. The third-order valence-electron chi connectivity index (χ3n) is 4.59. The highest BCUT2D eigenvalue weighted by molar-refractivity contribution is 7.83. The highest BCUT2D eigenvalue weighted by Gasteiger charge is 2.17. The Morgan fingerprint density at radius 3 is 2.81 bits per heavy atom. The van der Waals surface area contributed by atoms with E-state index in [2.05, 4.69) is 16.4 Å². The lowest BCUT2D eigenvalue weighted by Gasteiger charge is -2.11. The van der Waals surface area contributed by atoms with E-state index in [0.717, 1.165) is 33.3 Å². The van der Waals surface area contributed by atoms with E-state index in [0.29, 0.717) is 11.4 Å². The molecule has 0 aliphatic heterocycles. The van der Waals surface area contributed by atoms with Crippen molar-refractivity contribution in [3.63, 3.8) is 0 Å². The van der Waals surface area contributed by atoms with Gasteiger partial charge in [-0.25, -0.2) is 8.60 Å². The van der Waals surface area contributed by atoms with Gasteiger partial charge in [0.15, 0.2) is 11.0 Å². The molecule has 0 saturated carbocycles. The molecule has 0 amide bonds. The van der Waals surface area contributed by atoms with Crippen LogP contribution in [0.5, 0.6) is 0 Å². The van der Waals surface area contributed by atoms with Crippen molar-refractivity contribution in [3.05, 3.63) is 77.9 Å². The number of hydrogen-bond acceptors (Lipinski definition) is 2. The van der Waals surface area contributed by atoms with E-state index < -0.39 is 11.0 Å². The molecule has 1 unspecified atom stereocenters. The Morgan fingerprint density at radius 2 is 2.00 bits per heavy atom. The standard InChI is InChI=1S/C21H20FN3OS/c1-14-3-5-18(22)11-21(14)27(26)25-13-15(12-23-2)9-20(25)17-4-6-19-16(10-17)7-8-24-19/h3-11,13,23-24H,12H2,1-2H3. The van der Waals surface area contributed by atoms with Crippen LogP contribution < -0.4 is 5.32 Å². The van der Waals surface area contributed by atoms with Crippen LogP contribution in [0.3, 0.4) is 0 Å². The Balaban J connectivity index is 1.86. The number of H-pyrrole nitrogens is 1. The SMILES string of the molecule is CNCc1cc(-c2ccc3[nH]ccc3c2)n(S(=O)c2cc(F)ccc2C)c1. The van der Waals surface area contributed by atoms with Crippen molar-refractivity contribution < 1.29 is 8.60 Å². The van der Waals surface area contributed by atoms with Gasteiger partial charge in [-0.2, -0.15) is 0 Å². The Kier molecular flexibility index (Phi) is 4.68. The third-order valence-corrected chi connectivity index (χ3v) is 6.07. The molecule has 2 aromatic carbocycles. The number of hydrogen-bond donors (Lipinski definition) is 2. The summed E-state index contributed by atoms with van der Waals surface area (Å²) in [7, 11) is 0.325. The van der Waals surface area contributed by atoms with Gasteiger partial charge in [0.05, 0.1) is 10.6 Å². The fraction of sp³-hybridized carbons (Fsp3) is 0.143.